The zero-order valence-corrected chi connectivity index (χ0v) is 9.77. The standard InChI is InChI=1S/C15H9F2NO/c16-11-2-4-13(14(17)6-11)10-5-9-1-3-12(19)7-15(9)18-8-10/h1-8,19H. The Kier molecular flexibility index (Phi) is 2.63. The molecule has 0 unspecified atom stereocenters. The van der Waals surface area contributed by atoms with Gasteiger partial charge in [0.1, 0.15) is 17.4 Å². The van der Waals surface area contributed by atoms with Crippen LogP contribution in [0, 0.1) is 11.6 Å². The molecule has 19 heavy (non-hydrogen) atoms. The molecule has 0 aliphatic carbocycles. The lowest BCUT2D eigenvalue weighted by Gasteiger charge is -2.05. The van der Waals surface area contributed by atoms with Crippen molar-refractivity contribution in [3.63, 3.8) is 0 Å². The van der Waals surface area contributed by atoms with Gasteiger partial charge in [0.2, 0.25) is 0 Å². The van der Waals surface area contributed by atoms with Crippen molar-refractivity contribution in [3.8, 4) is 16.9 Å². The lowest BCUT2D eigenvalue weighted by Crippen LogP contribution is -1.88. The molecule has 0 aliphatic heterocycles. The highest BCUT2D eigenvalue weighted by Crippen LogP contribution is 2.27. The normalized spacial score (nSPS) is 10.8. The third kappa shape index (κ3) is 2.12. The first kappa shape index (κ1) is 11.6. The molecule has 2 aromatic carbocycles. The average molecular weight is 257 g/mol. The molecular formula is C15H9F2NO. The molecule has 0 aliphatic rings. The number of nitrogens with zero attached hydrogens (tertiary/aromatic N) is 1. The lowest BCUT2D eigenvalue weighted by atomic mass is 10.0. The van der Waals surface area contributed by atoms with Crippen molar-refractivity contribution in [2.75, 3.05) is 0 Å². The maximum absolute atomic E-state index is 13.7. The van der Waals surface area contributed by atoms with Gasteiger partial charge in [0, 0.05) is 34.8 Å². The zero-order valence-electron chi connectivity index (χ0n) is 9.77. The zero-order chi connectivity index (χ0) is 13.4. The molecule has 0 saturated carbocycles. The minimum Gasteiger partial charge on any atom is -0.508 e. The number of halogens is 2. The molecule has 0 radical (unpaired) electrons. The maximum atomic E-state index is 13.7. The molecule has 3 aromatic rings. The number of benzene rings is 2. The molecule has 3 rings (SSSR count). The summed E-state index contributed by atoms with van der Waals surface area (Å²) in [5, 5.41) is 10.1. The number of aromatic nitrogens is 1. The van der Waals surface area contributed by atoms with Crippen molar-refractivity contribution < 1.29 is 13.9 Å². The monoisotopic (exact) mass is 257 g/mol. The molecule has 0 saturated heterocycles. The van der Waals surface area contributed by atoms with Crippen LogP contribution in [0.4, 0.5) is 8.78 Å². The highest BCUT2D eigenvalue weighted by Gasteiger charge is 2.08. The van der Waals surface area contributed by atoms with E-state index in [2.05, 4.69) is 4.98 Å². The topological polar surface area (TPSA) is 33.1 Å². The molecule has 0 atom stereocenters. The molecule has 4 heteroatoms. The Balaban J connectivity index is 2.17. The molecule has 94 valence electrons. The number of pyridine rings is 1. The summed E-state index contributed by atoms with van der Waals surface area (Å²) < 4.78 is 26.6. The van der Waals surface area contributed by atoms with Crippen LogP contribution >= 0.6 is 0 Å². The first-order valence-corrected chi connectivity index (χ1v) is 5.68. The van der Waals surface area contributed by atoms with Crippen LogP contribution in [-0.2, 0) is 0 Å². The minimum atomic E-state index is -0.625. The van der Waals surface area contributed by atoms with Crippen molar-refractivity contribution in [1.82, 2.24) is 4.98 Å². The fourth-order valence-electron chi connectivity index (χ4n) is 1.98. The predicted octanol–water partition coefficient (Wildman–Crippen LogP) is 3.89. The summed E-state index contributed by atoms with van der Waals surface area (Å²) in [7, 11) is 0. The quantitative estimate of drug-likeness (QED) is 0.717. The third-order valence-electron chi connectivity index (χ3n) is 2.91. The number of aromatic hydroxyl groups is 1. The predicted molar refractivity (Wildman–Crippen MR) is 68.8 cm³/mol. The lowest BCUT2D eigenvalue weighted by molar-refractivity contribution is 0.476. The van der Waals surface area contributed by atoms with Gasteiger partial charge in [-0.25, -0.2) is 8.78 Å². The van der Waals surface area contributed by atoms with Gasteiger partial charge >= 0.3 is 0 Å². The second-order valence-electron chi connectivity index (χ2n) is 4.23. The van der Waals surface area contributed by atoms with E-state index >= 15 is 0 Å². The summed E-state index contributed by atoms with van der Waals surface area (Å²) in [5.41, 5.74) is 1.48. The van der Waals surface area contributed by atoms with Crippen LogP contribution < -0.4 is 0 Å². The second-order valence-corrected chi connectivity index (χ2v) is 4.23. The van der Waals surface area contributed by atoms with Gasteiger partial charge < -0.3 is 5.11 Å². The van der Waals surface area contributed by atoms with Crippen molar-refractivity contribution in [3.05, 3.63) is 60.3 Å². The van der Waals surface area contributed by atoms with E-state index in [1.54, 1.807) is 12.1 Å². The van der Waals surface area contributed by atoms with Gasteiger partial charge in [0.05, 0.1) is 5.52 Å². The minimum absolute atomic E-state index is 0.126. The molecule has 0 spiro atoms. The van der Waals surface area contributed by atoms with Gasteiger partial charge in [-0.15, -0.1) is 0 Å². The Morgan fingerprint density at radius 3 is 2.58 bits per heavy atom. The molecule has 0 bridgehead atoms. The van der Waals surface area contributed by atoms with E-state index in [-0.39, 0.29) is 5.75 Å². The third-order valence-corrected chi connectivity index (χ3v) is 2.91. The number of rotatable bonds is 1. The van der Waals surface area contributed by atoms with Crippen LogP contribution in [0.3, 0.4) is 0 Å². The average Bonchev–Trinajstić information content (AvgIpc) is 2.38. The summed E-state index contributed by atoms with van der Waals surface area (Å²) in [6.45, 7) is 0. The van der Waals surface area contributed by atoms with E-state index in [0.29, 0.717) is 16.6 Å². The van der Waals surface area contributed by atoms with E-state index in [0.717, 1.165) is 11.5 Å². The van der Waals surface area contributed by atoms with E-state index in [1.165, 1.54) is 30.5 Å². The number of hydrogen-bond acceptors (Lipinski definition) is 2. The summed E-state index contributed by atoms with van der Waals surface area (Å²) in [4.78, 5) is 4.16. The molecule has 1 aromatic heterocycles. The number of phenols is 1. The Hall–Kier alpha value is -2.49. The van der Waals surface area contributed by atoms with E-state index in [9.17, 15) is 13.9 Å². The second kappa shape index (κ2) is 4.31. The molecule has 2 nitrogen and oxygen atoms in total. The molecular weight excluding hydrogens is 248 g/mol. The van der Waals surface area contributed by atoms with Gasteiger partial charge in [0.15, 0.2) is 0 Å². The first-order chi connectivity index (χ1) is 9.13. The van der Waals surface area contributed by atoms with E-state index in [4.69, 9.17) is 0 Å². The fourth-order valence-corrected chi connectivity index (χ4v) is 1.98. The van der Waals surface area contributed by atoms with E-state index < -0.39 is 11.6 Å². The van der Waals surface area contributed by atoms with Gasteiger partial charge in [-0.2, -0.15) is 0 Å². The Morgan fingerprint density at radius 1 is 0.947 bits per heavy atom. The van der Waals surface area contributed by atoms with Gasteiger partial charge in [-0.1, -0.05) is 0 Å². The number of phenolic OH excluding ortho intramolecular Hbond substituents is 1. The summed E-state index contributed by atoms with van der Waals surface area (Å²) in [6, 6.07) is 9.94. The van der Waals surface area contributed by atoms with Gasteiger partial charge in [-0.3, -0.25) is 4.98 Å². The van der Waals surface area contributed by atoms with Crippen LogP contribution in [0.1, 0.15) is 0 Å². The summed E-state index contributed by atoms with van der Waals surface area (Å²) in [6.07, 6.45) is 1.50. The van der Waals surface area contributed by atoms with Crippen molar-refractivity contribution in [1.29, 1.82) is 0 Å². The molecule has 0 amide bonds. The highest BCUT2D eigenvalue weighted by atomic mass is 19.1. The summed E-state index contributed by atoms with van der Waals surface area (Å²) >= 11 is 0. The fraction of sp³-hybridized carbons (Fsp3) is 0. The van der Waals surface area contributed by atoms with Gasteiger partial charge in [0.25, 0.3) is 0 Å². The first-order valence-electron chi connectivity index (χ1n) is 5.68. The Labute approximate surface area is 108 Å². The smallest absolute Gasteiger partial charge is 0.133 e. The molecule has 1 N–H and O–H groups in total. The molecule has 0 fully saturated rings. The SMILES string of the molecule is Oc1ccc2cc(-c3ccc(F)cc3F)cnc2c1. The largest absolute Gasteiger partial charge is 0.508 e. The van der Waals surface area contributed by atoms with E-state index in [1.807, 2.05) is 0 Å². The van der Waals surface area contributed by atoms with Crippen LogP contribution in [0.2, 0.25) is 0 Å². The number of fused-ring (bicyclic) bond motifs is 1. The van der Waals surface area contributed by atoms with Crippen molar-refractivity contribution >= 4 is 10.9 Å². The van der Waals surface area contributed by atoms with Gasteiger partial charge in [-0.05, 0) is 30.3 Å². The number of hydrogen-bond donors (Lipinski definition) is 1. The van der Waals surface area contributed by atoms with Crippen LogP contribution in [-0.4, -0.2) is 10.1 Å². The van der Waals surface area contributed by atoms with Crippen molar-refractivity contribution in [2.45, 2.75) is 0 Å². The highest BCUT2D eigenvalue weighted by molar-refractivity contribution is 5.84. The molecule has 1 heterocycles. The van der Waals surface area contributed by atoms with Crippen LogP contribution in [0.15, 0.2) is 48.7 Å². The summed E-state index contributed by atoms with van der Waals surface area (Å²) in [5.74, 6) is -1.11. The Bertz CT molecular complexity index is 771. The van der Waals surface area contributed by atoms with Crippen LogP contribution in [0.5, 0.6) is 5.75 Å². The maximum Gasteiger partial charge on any atom is 0.133 e. The Morgan fingerprint density at radius 2 is 1.79 bits per heavy atom. The van der Waals surface area contributed by atoms with Crippen LogP contribution in [0.25, 0.3) is 22.0 Å². The van der Waals surface area contributed by atoms with Crippen molar-refractivity contribution in [2.24, 2.45) is 0 Å².